The summed E-state index contributed by atoms with van der Waals surface area (Å²) in [6.07, 6.45) is 0.837. The van der Waals surface area contributed by atoms with Crippen molar-refractivity contribution in [2.24, 2.45) is 0 Å². The summed E-state index contributed by atoms with van der Waals surface area (Å²) in [5, 5.41) is 1.98. The van der Waals surface area contributed by atoms with Crippen molar-refractivity contribution in [3.05, 3.63) is 52.0 Å². The van der Waals surface area contributed by atoms with E-state index in [0.717, 1.165) is 17.7 Å². The highest BCUT2D eigenvalue weighted by molar-refractivity contribution is 9.09. The summed E-state index contributed by atoms with van der Waals surface area (Å²) < 4.78 is 17.9. The molecule has 2 rings (SSSR count). The Morgan fingerprint density at radius 2 is 2.06 bits per heavy atom. The SMILES string of the molecule is COc1csc(C(Br)Cc2ccc(F)cc2)c1. The maximum atomic E-state index is 12.8. The van der Waals surface area contributed by atoms with Crippen molar-refractivity contribution in [1.82, 2.24) is 0 Å². The normalized spacial score (nSPS) is 12.4. The Hall–Kier alpha value is -0.870. The van der Waals surface area contributed by atoms with Crippen LogP contribution in [-0.4, -0.2) is 7.11 Å². The van der Waals surface area contributed by atoms with Gasteiger partial charge in [0.2, 0.25) is 0 Å². The molecule has 4 heteroatoms. The summed E-state index contributed by atoms with van der Waals surface area (Å²) in [5.74, 6) is 0.686. The zero-order valence-electron chi connectivity index (χ0n) is 9.32. The second kappa shape index (κ2) is 5.65. The van der Waals surface area contributed by atoms with Crippen LogP contribution in [0.25, 0.3) is 0 Å². The summed E-state index contributed by atoms with van der Waals surface area (Å²) in [7, 11) is 1.66. The number of rotatable bonds is 4. The molecule has 1 heterocycles. The molecule has 0 fully saturated rings. The fraction of sp³-hybridized carbons (Fsp3) is 0.231. The maximum absolute atomic E-state index is 12.8. The van der Waals surface area contributed by atoms with Crippen molar-refractivity contribution >= 4 is 27.3 Å². The van der Waals surface area contributed by atoms with Crippen molar-refractivity contribution in [1.29, 1.82) is 0 Å². The van der Waals surface area contributed by atoms with Gasteiger partial charge < -0.3 is 4.74 Å². The minimum Gasteiger partial charge on any atom is -0.496 e. The molecule has 1 atom stereocenters. The molecule has 1 nitrogen and oxygen atoms in total. The Bertz CT molecular complexity index is 480. The van der Waals surface area contributed by atoms with E-state index in [4.69, 9.17) is 4.74 Å². The first-order chi connectivity index (χ1) is 8.19. The third-order valence-corrected chi connectivity index (χ3v) is 4.61. The van der Waals surface area contributed by atoms with Crippen LogP contribution in [0.5, 0.6) is 5.75 Å². The van der Waals surface area contributed by atoms with Crippen LogP contribution in [-0.2, 0) is 6.42 Å². The van der Waals surface area contributed by atoms with E-state index in [2.05, 4.69) is 15.9 Å². The molecule has 0 aliphatic heterocycles. The topological polar surface area (TPSA) is 9.23 Å². The number of halogens is 2. The number of hydrogen-bond acceptors (Lipinski definition) is 2. The maximum Gasteiger partial charge on any atom is 0.129 e. The van der Waals surface area contributed by atoms with Gasteiger partial charge in [-0.15, -0.1) is 11.3 Å². The monoisotopic (exact) mass is 314 g/mol. The molecule has 0 amide bonds. The number of ether oxygens (including phenoxy) is 1. The first-order valence-corrected chi connectivity index (χ1v) is 6.99. The van der Waals surface area contributed by atoms with E-state index in [1.807, 2.05) is 23.6 Å². The lowest BCUT2D eigenvalue weighted by Crippen LogP contribution is -1.93. The van der Waals surface area contributed by atoms with Gasteiger partial charge in [-0.1, -0.05) is 28.1 Å². The Kier molecular flexibility index (Phi) is 4.18. The summed E-state index contributed by atoms with van der Waals surface area (Å²) in [6.45, 7) is 0. The van der Waals surface area contributed by atoms with Gasteiger partial charge in [-0.05, 0) is 30.2 Å². The molecule has 2 aromatic rings. The second-order valence-electron chi connectivity index (χ2n) is 3.69. The first kappa shape index (κ1) is 12.6. The van der Waals surface area contributed by atoms with E-state index in [9.17, 15) is 4.39 Å². The lowest BCUT2D eigenvalue weighted by atomic mass is 10.1. The Balaban J connectivity index is 2.05. The van der Waals surface area contributed by atoms with Crippen molar-refractivity contribution in [2.45, 2.75) is 11.2 Å². The molecule has 0 radical (unpaired) electrons. The number of methoxy groups -OCH3 is 1. The average molecular weight is 315 g/mol. The van der Waals surface area contributed by atoms with Gasteiger partial charge in [0.1, 0.15) is 11.6 Å². The van der Waals surface area contributed by atoms with Crippen molar-refractivity contribution in [3.8, 4) is 5.75 Å². The highest BCUT2D eigenvalue weighted by Crippen LogP contribution is 2.34. The Morgan fingerprint density at radius 3 is 2.65 bits per heavy atom. The molecule has 0 saturated heterocycles. The van der Waals surface area contributed by atoms with E-state index in [1.165, 1.54) is 17.0 Å². The van der Waals surface area contributed by atoms with Gasteiger partial charge in [-0.3, -0.25) is 0 Å². The van der Waals surface area contributed by atoms with Crippen molar-refractivity contribution in [2.75, 3.05) is 7.11 Å². The highest BCUT2D eigenvalue weighted by atomic mass is 79.9. The van der Waals surface area contributed by atoms with Crippen LogP contribution >= 0.6 is 27.3 Å². The number of hydrogen-bond donors (Lipinski definition) is 0. The molecule has 0 aliphatic rings. The number of benzene rings is 1. The molecule has 1 aromatic carbocycles. The van der Waals surface area contributed by atoms with Crippen LogP contribution in [0.15, 0.2) is 35.7 Å². The van der Waals surface area contributed by atoms with Gasteiger partial charge in [-0.2, -0.15) is 0 Å². The predicted octanol–water partition coefficient (Wildman–Crippen LogP) is 4.57. The molecule has 0 saturated carbocycles. The standard InChI is InChI=1S/C13H12BrFOS/c1-16-11-7-13(17-8-11)12(14)6-9-2-4-10(15)5-3-9/h2-5,7-8,12H,6H2,1H3. The molecule has 17 heavy (non-hydrogen) atoms. The average Bonchev–Trinajstić information content (AvgIpc) is 2.81. The number of thiophene rings is 1. The van der Waals surface area contributed by atoms with Gasteiger partial charge in [0.15, 0.2) is 0 Å². The lowest BCUT2D eigenvalue weighted by Gasteiger charge is -2.07. The highest BCUT2D eigenvalue weighted by Gasteiger charge is 2.11. The zero-order valence-corrected chi connectivity index (χ0v) is 11.7. The van der Waals surface area contributed by atoms with Gasteiger partial charge >= 0.3 is 0 Å². The van der Waals surface area contributed by atoms with Crippen LogP contribution in [0.2, 0.25) is 0 Å². The first-order valence-electron chi connectivity index (χ1n) is 5.20. The zero-order chi connectivity index (χ0) is 12.3. The fourth-order valence-corrected chi connectivity index (χ4v) is 3.20. The van der Waals surface area contributed by atoms with Crippen LogP contribution in [0.1, 0.15) is 15.3 Å². The summed E-state index contributed by atoms with van der Waals surface area (Å²) in [5.41, 5.74) is 1.11. The second-order valence-corrected chi connectivity index (χ2v) is 5.74. The Morgan fingerprint density at radius 1 is 1.35 bits per heavy atom. The molecular formula is C13H12BrFOS. The van der Waals surface area contributed by atoms with E-state index >= 15 is 0 Å². The molecular weight excluding hydrogens is 303 g/mol. The van der Waals surface area contributed by atoms with Crippen molar-refractivity contribution < 1.29 is 9.13 Å². The van der Waals surface area contributed by atoms with E-state index in [-0.39, 0.29) is 10.6 Å². The Labute approximate surface area is 112 Å². The third kappa shape index (κ3) is 3.30. The fourth-order valence-electron chi connectivity index (χ4n) is 1.53. The molecule has 0 spiro atoms. The molecule has 90 valence electrons. The van der Waals surface area contributed by atoms with E-state index < -0.39 is 0 Å². The smallest absolute Gasteiger partial charge is 0.129 e. The minimum atomic E-state index is -0.197. The molecule has 1 aromatic heterocycles. The van der Waals surface area contributed by atoms with Gasteiger partial charge in [0.05, 0.1) is 11.9 Å². The molecule has 0 N–H and O–H groups in total. The molecule has 1 unspecified atom stereocenters. The minimum absolute atomic E-state index is 0.197. The number of alkyl halides is 1. The van der Waals surface area contributed by atoms with Crippen LogP contribution in [0.3, 0.4) is 0 Å². The van der Waals surface area contributed by atoms with Gasteiger partial charge in [0.25, 0.3) is 0 Å². The van der Waals surface area contributed by atoms with Crippen molar-refractivity contribution in [3.63, 3.8) is 0 Å². The van der Waals surface area contributed by atoms with Crippen LogP contribution in [0, 0.1) is 5.82 Å². The van der Waals surface area contributed by atoms with Crippen LogP contribution in [0.4, 0.5) is 4.39 Å². The van der Waals surface area contributed by atoms with Gasteiger partial charge in [-0.25, -0.2) is 4.39 Å². The lowest BCUT2D eigenvalue weighted by molar-refractivity contribution is 0.416. The summed E-state index contributed by atoms with van der Waals surface area (Å²) in [4.78, 5) is 1.45. The quantitative estimate of drug-likeness (QED) is 0.751. The predicted molar refractivity (Wildman–Crippen MR) is 72.6 cm³/mol. The third-order valence-electron chi connectivity index (χ3n) is 2.47. The van der Waals surface area contributed by atoms with E-state index in [0.29, 0.717) is 0 Å². The van der Waals surface area contributed by atoms with E-state index in [1.54, 1.807) is 18.4 Å². The molecule has 0 bridgehead atoms. The summed E-state index contributed by atoms with van der Waals surface area (Å²) in [6, 6.07) is 8.63. The molecule has 0 aliphatic carbocycles. The van der Waals surface area contributed by atoms with Gasteiger partial charge in [0, 0.05) is 10.3 Å². The largest absolute Gasteiger partial charge is 0.496 e. The summed E-state index contributed by atoms with van der Waals surface area (Å²) >= 11 is 5.30. The van der Waals surface area contributed by atoms with Crippen LogP contribution < -0.4 is 4.74 Å².